The number of fused-ring (bicyclic) bond motifs is 6. The Morgan fingerprint density at radius 3 is 1.69 bits per heavy atom. The molecular weight excluding hydrogens is 809 g/mol. The van der Waals surface area contributed by atoms with E-state index in [1.165, 1.54) is 35.4 Å². The number of nitrogens with one attached hydrogen (secondary N) is 2. The predicted octanol–water partition coefficient (Wildman–Crippen LogP) is 9.61. The second-order valence-corrected chi connectivity index (χ2v) is 15.4. The summed E-state index contributed by atoms with van der Waals surface area (Å²) in [7, 11) is 0. The van der Waals surface area contributed by atoms with E-state index in [1.54, 1.807) is 24.3 Å². The number of phenolic OH excluding ortho intramolecular Hbond substituents is 1. The fourth-order valence-electron chi connectivity index (χ4n) is 6.68. The highest BCUT2D eigenvalue weighted by Gasteiger charge is 2.26. The zero-order valence-electron chi connectivity index (χ0n) is 30.6. The Morgan fingerprint density at radius 2 is 1.19 bits per heavy atom. The first kappa shape index (κ1) is 39.1. The summed E-state index contributed by atoms with van der Waals surface area (Å²) >= 11 is 2.29. The molecule has 0 fully saturated rings. The number of aryl methyl sites for hydroxylation is 4. The van der Waals surface area contributed by atoms with Crippen LogP contribution in [0.4, 0.5) is 33.7 Å². The molecule has 9 rings (SSSR count). The monoisotopic (exact) mass is 838 g/mol. The standard InChI is InChI=1S/C23H16F2N4O3S.C19H14F2N2O2S/c24-16-4-2-5-17(25)19(16)28-21(30)22-27-18-6-1-3-13-7-8-14(11-15(13)20(18)33-22)32-23(31)29-10-9-26-12-29;20-13-4-2-5-14(21)16(13)23-18(25)19-22-15-6-1-3-10-7-8-11(24)9-12(10)17(15)26-19/h2,4-5,7-12H,1,3,6H2,(H,28,30);2,4-5,7-9,24H,1,3,6H2,(H,23,25). The number of thiazole rings is 2. The van der Waals surface area contributed by atoms with E-state index in [4.69, 9.17) is 4.74 Å². The van der Waals surface area contributed by atoms with E-state index in [9.17, 15) is 37.1 Å². The summed E-state index contributed by atoms with van der Waals surface area (Å²) in [6.07, 6.45) is 8.40. The first-order valence-corrected chi connectivity index (χ1v) is 19.8. The summed E-state index contributed by atoms with van der Waals surface area (Å²) in [5.74, 6) is -4.28. The van der Waals surface area contributed by atoms with Gasteiger partial charge in [-0.1, -0.05) is 24.3 Å². The van der Waals surface area contributed by atoms with Crippen LogP contribution in [0.2, 0.25) is 0 Å². The lowest BCUT2D eigenvalue weighted by Gasteiger charge is -2.09. The molecule has 11 nitrogen and oxygen atoms in total. The van der Waals surface area contributed by atoms with Gasteiger partial charge in [-0.05, 0) is 98.2 Å². The Balaban J connectivity index is 0.000000169. The number of amides is 2. The Kier molecular flexibility index (Phi) is 11.0. The second-order valence-electron chi connectivity index (χ2n) is 13.4. The number of aromatic nitrogens is 4. The van der Waals surface area contributed by atoms with Crippen molar-refractivity contribution in [1.82, 2.24) is 19.5 Å². The van der Waals surface area contributed by atoms with Gasteiger partial charge in [-0.2, -0.15) is 0 Å². The van der Waals surface area contributed by atoms with Crippen LogP contribution in [-0.2, 0) is 25.7 Å². The molecular formula is C42H30F4N6O5S2. The SMILES string of the molecule is O=C(Nc1c(F)cccc1F)c1nc2c(s1)-c1cc(O)ccc1CCC2.O=C(Nc1c(F)cccc1F)c1nc2c(s1)-c1cc(OC(=O)n3ccnc3)ccc1CCC2. The molecule has 0 spiro atoms. The van der Waals surface area contributed by atoms with Gasteiger partial charge in [0.05, 0.1) is 21.1 Å². The molecule has 0 unspecified atom stereocenters. The Morgan fingerprint density at radius 1 is 0.678 bits per heavy atom. The van der Waals surface area contributed by atoms with E-state index in [0.717, 1.165) is 116 Å². The third kappa shape index (κ3) is 8.33. The van der Waals surface area contributed by atoms with E-state index < -0.39 is 52.6 Å². The lowest BCUT2D eigenvalue weighted by molar-refractivity contribution is 0.101. The van der Waals surface area contributed by atoms with Crippen molar-refractivity contribution in [3.05, 3.63) is 147 Å². The average Bonchev–Trinajstić information content (AvgIpc) is 3.97. The number of rotatable bonds is 5. The minimum absolute atomic E-state index is 0.0938. The maximum absolute atomic E-state index is 13.9. The fourth-order valence-corrected chi connectivity index (χ4v) is 8.80. The molecule has 3 N–H and O–H groups in total. The van der Waals surface area contributed by atoms with Crippen molar-refractivity contribution in [2.24, 2.45) is 0 Å². The number of carbonyl (C=O) groups excluding carboxylic acids is 3. The van der Waals surface area contributed by atoms with Gasteiger partial charge in [-0.15, -0.1) is 22.7 Å². The third-order valence-corrected chi connectivity index (χ3v) is 11.7. The zero-order valence-corrected chi connectivity index (χ0v) is 32.2. The number of hydrogen-bond acceptors (Lipinski definition) is 10. The highest BCUT2D eigenvalue weighted by atomic mass is 32.1. The number of nitrogens with zero attached hydrogens (tertiary/aromatic N) is 4. The fraction of sp³-hybridized carbons (Fsp3) is 0.143. The van der Waals surface area contributed by atoms with E-state index in [-0.39, 0.29) is 15.8 Å². The Labute approximate surface area is 341 Å². The van der Waals surface area contributed by atoms with Gasteiger partial charge in [0.25, 0.3) is 11.8 Å². The van der Waals surface area contributed by atoms with E-state index in [1.807, 2.05) is 12.1 Å². The van der Waals surface area contributed by atoms with Crippen LogP contribution in [0.1, 0.15) is 55.0 Å². The van der Waals surface area contributed by atoms with Crippen molar-refractivity contribution in [1.29, 1.82) is 0 Å². The van der Waals surface area contributed by atoms with E-state index in [2.05, 4.69) is 25.6 Å². The van der Waals surface area contributed by atoms with Crippen LogP contribution in [0.15, 0.2) is 91.5 Å². The van der Waals surface area contributed by atoms with Crippen molar-refractivity contribution < 1.29 is 41.8 Å². The molecule has 2 amide bonds. The van der Waals surface area contributed by atoms with Crippen molar-refractivity contribution in [3.8, 4) is 32.4 Å². The molecule has 0 atom stereocenters. The number of halogens is 4. The van der Waals surface area contributed by atoms with Crippen LogP contribution in [0.3, 0.4) is 0 Å². The van der Waals surface area contributed by atoms with Gasteiger partial charge in [-0.3, -0.25) is 9.59 Å². The first-order chi connectivity index (χ1) is 28.5. The molecule has 3 heterocycles. The number of ether oxygens (including phenoxy) is 1. The summed E-state index contributed by atoms with van der Waals surface area (Å²) in [5.41, 5.74) is 4.26. The van der Waals surface area contributed by atoms with Gasteiger partial charge in [0.2, 0.25) is 0 Å². The highest BCUT2D eigenvalue weighted by molar-refractivity contribution is 7.17. The summed E-state index contributed by atoms with van der Waals surface area (Å²) < 4.78 is 62.0. The number of aromatic hydroxyl groups is 1. The maximum Gasteiger partial charge on any atom is 0.424 e. The van der Waals surface area contributed by atoms with Gasteiger partial charge in [0.15, 0.2) is 10.0 Å². The smallest absolute Gasteiger partial charge is 0.424 e. The number of imidazole rings is 1. The third-order valence-electron chi connectivity index (χ3n) is 9.49. The molecule has 0 aliphatic heterocycles. The molecule has 0 saturated heterocycles. The van der Waals surface area contributed by atoms with Crippen LogP contribution in [0.5, 0.6) is 11.5 Å². The topological polar surface area (TPSA) is 148 Å². The number of para-hydroxylation sites is 2. The normalized spacial score (nSPS) is 12.6. The average molecular weight is 839 g/mol. The first-order valence-electron chi connectivity index (χ1n) is 18.2. The molecule has 0 radical (unpaired) electrons. The number of anilines is 2. The molecule has 3 aromatic heterocycles. The van der Waals surface area contributed by atoms with Gasteiger partial charge in [0, 0.05) is 23.5 Å². The highest BCUT2D eigenvalue weighted by Crippen LogP contribution is 2.40. The number of carbonyl (C=O) groups is 3. The summed E-state index contributed by atoms with van der Waals surface area (Å²) in [4.78, 5) is 51.6. The largest absolute Gasteiger partial charge is 0.508 e. The van der Waals surface area contributed by atoms with Crippen molar-refractivity contribution in [3.63, 3.8) is 0 Å². The van der Waals surface area contributed by atoms with Gasteiger partial charge >= 0.3 is 6.09 Å². The van der Waals surface area contributed by atoms with Crippen molar-refractivity contribution in [2.45, 2.75) is 38.5 Å². The molecule has 59 heavy (non-hydrogen) atoms. The van der Waals surface area contributed by atoms with Crippen LogP contribution in [0.25, 0.3) is 20.9 Å². The van der Waals surface area contributed by atoms with Crippen LogP contribution in [-0.4, -0.2) is 42.5 Å². The van der Waals surface area contributed by atoms with Crippen molar-refractivity contribution in [2.75, 3.05) is 10.6 Å². The lowest BCUT2D eigenvalue weighted by Crippen LogP contribution is -2.14. The number of phenols is 1. The molecule has 2 aliphatic rings. The molecule has 0 bridgehead atoms. The lowest BCUT2D eigenvalue weighted by atomic mass is 10.0. The Bertz CT molecular complexity index is 2710. The molecule has 0 saturated carbocycles. The summed E-state index contributed by atoms with van der Waals surface area (Å²) in [6, 6.07) is 17.3. The summed E-state index contributed by atoms with van der Waals surface area (Å²) in [6.45, 7) is 0. The molecule has 298 valence electrons. The molecule has 7 aromatic rings. The predicted molar refractivity (Wildman–Crippen MR) is 213 cm³/mol. The van der Waals surface area contributed by atoms with E-state index in [0.29, 0.717) is 18.6 Å². The number of hydrogen-bond donors (Lipinski definition) is 3. The molecule has 17 heteroatoms. The second kappa shape index (κ2) is 16.6. The Hall–Kier alpha value is -6.72. The van der Waals surface area contributed by atoms with Gasteiger partial charge < -0.3 is 20.5 Å². The quantitative estimate of drug-likeness (QED) is 0.145. The van der Waals surface area contributed by atoms with Crippen molar-refractivity contribution >= 4 is 52.0 Å². The molecule has 4 aromatic carbocycles. The van der Waals surface area contributed by atoms with Gasteiger partial charge in [-0.25, -0.2) is 41.9 Å². The van der Waals surface area contributed by atoms with Crippen LogP contribution in [0, 0.1) is 23.3 Å². The minimum Gasteiger partial charge on any atom is -0.508 e. The maximum atomic E-state index is 13.9. The van der Waals surface area contributed by atoms with Gasteiger partial charge in [0.1, 0.15) is 52.5 Å². The zero-order chi connectivity index (χ0) is 41.2. The van der Waals surface area contributed by atoms with E-state index >= 15 is 0 Å². The molecule has 2 aliphatic carbocycles. The van der Waals surface area contributed by atoms with Crippen LogP contribution >= 0.6 is 22.7 Å². The van der Waals surface area contributed by atoms with Crippen LogP contribution < -0.4 is 15.4 Å². The number of benzene rings is 4. The minimum atomic E-state index is -0.865. The summed E-state index contributed by atoms with van der Waals surface area (Å²) in [5, 5.41) is 14.6.